The molecule has 220 valence electrons. The Hall–Kier alpha value is -3.07. The average molecular weight is 619 g/mol. The lowest BCUT2D eigenvalue weighted by molar-refractivity contribution is -0.140. The van der Waals surface area contributed by atoms with E-state index in [0.717, 1.165) is 15.4 Å². The van der Waals surface area contributed by atoms with Crippen LogP contribution in [0.1, 0.15) is 49.4 Å². The molecule has 7 nitrogen and oxygen atoms in total. The van der Waals surface area contributed by atoms with Crippen molar-refractivity contribution < 1.29 is 18.0 Å². The van der Waals surface area contributed by atoms with Gasteiger partial charge in [0.15, 0.2) is 0 Å². The zero-order valence-corrected chi connectivity index (χ0v) is 26.6. The van der Waals surface area contributed by atoms with Gasteiger partial charge >= 0.3 is 0 Å². The van der Waals surface area contributed by atoms with Crippen molar-refractivity contribution >= 4 is 50.7 Å². The number of hydrogen-bond acceptors (Lipinski definition) is 4. The summed E-state index contributed by atoms with van der Waals surface area (Å²) >= 11 is 12.4. The van der Waals surface area contributed by atoms with E-state index in [4.69, 9.17) is 23.2 Å². The number of anilines is 1. The van der Waals surface area contributed by atoms with Crippen LogP contribution in [0.2, 0.25) is 10.0 Å². The summed E-state index contributed by atoms with van der Waals surface area (Å²) in [5.74, 6) is -0.853. The molecule has 1 unspecified atom stereocenters. The van der Waals surface area contributed by atoms with Crippen molar-refractivity contribution in [1.82, 2.24) is 10.2 Å². The summed E-state index contributed by atoms with van der Waals surface area (Å²) in [6.07, 6.45) is 0.319. The molecule has 2 amide bonds. The molecular weight excluding hydrogens is 581 g/mol. The summed E-state index contributed by atoms with van der Waals surface area (Å²) in [6.45, 7) is 10.6. The van der Waals surface area contributed by atoms with Crippen LogP contribution in [-0.4, -0.2) is 43.8 Å². The third kappa shape index (κ3) is 8.03. The van der Waals surface area contributed by atoms with Crippen molar-refractivity contribution in [2.45, 2.75) is 71.5 Å². The summed E-state index contributed by atoms with van der Waals surface area (Å²) in [6, 6.07) is 16.0. The molecular formula is C31H37Cl2N3O4S. The molecule has 3 aromatic carbocycles. The summed E-state index contributed by atoms with van der Waals surface area (Å²) in [7, 11) is -4.15. The van der Waals surface area contributed by atoms with Crippen LogP contribution >= 0.6 is 23.2 Å². The highest BCUT2D eigenvalue weighted by Gasteiger charge is 2.34. The number of hydrogen-bond donors (Lipinski definition) is 1. The number of nitrogens with one attached hydrogen (secondary N) is 1. The normalized spacial score (nSPS) is 12.2. The van der Waals surface area contributed by atoms with Crippen LogP contribution in [0, 0.1) is 20.8 Å². The lowest BCUT2D eigenvalue weighted by atomic mass is 10.1. The zero-order chi connectivity index (χ0) is 30.5. The first-order valence-corrected chi connectivity index (χ1v) is 15.6. The van der Waals surface area contributed by atoms with Gasteiger partial charge in [-0.2, -0.15) is 0 Å². The molecule has 3 aromatic rings. The summed E-state index contributed by atoms with van der Waals surface area (Å²) in [4.78, 5) is 28.9. The molecule has 3 rings (SSSR count). The lowest BCUT2D eigenvalue weighted by Crippen LogP contribution is -2.53. The van der Waals surface area contributed by atoms with Gasteiger partial charge in [-0.25, -0.2) is 8.42 Å². The maximum atomic E-state index is 14.2. The van der Waals surface area contributed by atoms with E-state index in [1.54, 1.807) is 43.3 Å². The second kappa shape index (κ2) is 13.7. The molecule has 1 N–H and O–H groups in total. The molecule has 0 saturated heterocycles. The number of nitrogens with zero attached hydrogens (tertiary/aromatic N) is 2. The number of benzene rings is 3. The Bertz CT molecular complexity index is 1510. The third-order valence-corrected chi connectivity index (χ3v) is 9.19. The van der Waals surface area contributed by atoms with Crippen molar-refractivity contribution in [2.24, 2.45) is 0 Å². The smallest absolute Gasteiger partial charge is 0.264 e. The number of rotatable bonds is 11. The molecule has 0 spiro atoms. The Morgan fingerprint density at radius 2 is 1.51 bits per heavy atom. The Morgan fingerprint density at radius 3 is 2.10 bits per heavy atom. The van der Waals surface area contributed by atoms with Gasteiger partial charge < -0.3 is 10.2 Å². The van der Waals surface area contributed by atoms with E-state index in [1.165, 1.54) is 17.0 Å². The van der Waals surface area contributed by atoms with Gasteiger partial charge in [0.2, 0.25) is 11.8 Å². The van der Waals surface area contributed by atoms with E-state index in [-0.39, 0.29) is 23.4 Å². The Kier molecular flexibility index (Phi) is 10.9. The summed E-state index contributed by atoms with van der Waals surface area (Å²) in [5.41, 5.74) is 3.50. The summed E-state index contributed by atoms with van der Waals surface area (Å²) in [5, 5.41) is 3.57. The van der Waals surface area contributed by atoms with Crippen molar-refractivity contribution in [1.29, 1.82) is 0 Å². The van der Waals surface area contributed by atoms with Crippen LogP contribution in [0.25, 0.3) is 0 Å². The fourth-order valence-electron chi connectivity index (χ4n) is 4.47. The quantitative estimate of drug-likeness (QED) is 0.268. The predicted octanol–water partition coefficient (Wildman–Crippen LogP) is 6.45. The first-order chi connectivity index (χ1) is 19.2. The van der Waals surface area contributed by atoms with Crippen molar-refractivity contribution in [2.75, 3.05) is 10.8 Å². The standard InChI is InChI=1S/C31H37Cl2N3O4S/c1-7-28(31(38)34-20(2)3)35(18-24-12-15-26(32)27(33)17-24)30(37)19-36(29-16-22(5)8-11-23(29)6)41(39,40)25-13-9-21(4)10-14-25/h8-17,20,28H,7,18-19H2,1-6H3,(H,34,38). The Labute approximate surface area is 253 Å². The monoisotopic (exact) mass is 617 g/mol. The lowest BCUT2D eigenvalue weighted by Gasteiger charge is -2.34. The molecule has 41 heavy (non-hydrogen) atoms. The number of aryl methyl sites for hydroxylation is 3. The van der Waals surface area contributed by atoms with Crippen molar-refractivity contribution in [3.63, 3.8) is 0 Å². The van der Waals surface area contributed by atoms with Crippen LogP contribution in [0.15, 0.2) is 65.6 Å². The highest BCUT2D eigenvalue weighted by Crippen LogP contribution is 2.29. The number of carbonyl (C=O) groups excluding carboxylic acids is 2. The van der Waals surface area contributed by atoms with Crippen molar-refractivity contribution in [3.8, 4) is 0 Å². The molecule has 0 bridgehead atoms. The van der Waals surface area contributed by atoms with Gasteiger partial charge in [0.05, 0.1) is 20.6 Å². The van der Waals surface area contributed by atoms with Gasteiger partial charge in [-0.3, -0.25) is 13.9 Å². The van der Waals surface area contributed by atoms with Gasteiger partial charge in [-0.15, -0.1) is 0 Å². The van der Waals surface area contributed by atoms with E-state index in [9.17, 15) is 18.0 Å². The summed E-state index contributed by atoms with van der Waals surface area (Å²) < 4.78 is 29.3. The molecule has 10 heteroatoms. The van der Waals surface area contributed by atoms with Crippen LogP contribution in [0.3, 0.4) is 0 Å². The topological polar surface area (TPSA) is 86.8 Å². The van der Waals surface area contributed by atoms with Gasteiger partial charge in [0.25, 0.3) is 10.0 Å². The molecule has 0 saturated carbocycles. The molecule has 0 aromatic heterocycles. The van der Waals surface area contributed by atoms with E-state index in [0.29, 0.717) is 33.3 Å². The van der Waals surface area contributed by atoms with E-state index < -0.39 is 28.5 Å². The Morgan fingerprint density at radius 1 is 0.878 bits per heavy atom. The molecule has 0 aliphatic rings. The van der Waals surface area contributed by atoms with Gasteiger partial charge in [-0.05, 0) is 88.1 Å². The van der Waals surface area contributed by atoms with Crippen molar-refractivity contribution in [3.05, 3.63) is 93.0 Å². The largest absolute Gasteiger partial charge is 0.352 e. The minimum Gasteiger partial charge on any atom is -0.352 e. The van der Waals surface area contributed by atoms with E-state index in [2.05, 4.69) is 5.32 Å². The predicted molar refractivity (Wildman–Crippen MR) is 166 cm³/mol. The molecule has 1 atom stereocenters. The average Bonchev–Trinajstić information content (AvgIpc) is 2.90. The first-order valence-electron chi connectivity index (χ1n) is 13.4. The third-order valence-electron chi connectivity index (χ3n) is 6.67. The Balaban J connectivity index is 2.12. The van der Waals surface area contributed by atoms with E-state index in [1.807, 2.05) is 46.8 Å². The number of carbonyl (C=O) groups is 2. The van der Waals surface area contributed by atoms with Crippen LogP contribution in [0.5, 0.6) is 0 Å². The van der Waals surface area contributed by atoms with Gasteiger partial charge in [0.1, 0.15) is 12.6 Å². The molecule has 0 radical (unpaired) electrons. The van der Waals surface area contributed by atoms with Gasteiger partial charge in [0, 0.05) is 12.6 Å². The maximum Gasteiger partial charge on any atom is 0.264 e. The molecule has 0 aliphatic heterocycles. The number of halogens is 2. The highest BCUT2D eigenvalue weighted by atomic mass is 35.5. The molecule has 0 heterocycles. The minimum absolute atomic E-state index is 0.0327. The SMILES string of the molecule is CCC(C(=O)NC(C)C)N(Cc1ccc(Cl)c(Cl)c1)C(=O)CN(c1cc(C)ccc1C)S(=O)(=O)c1ccc(C)cc1. The second-order valence-electron chi connectivity index (χ2n) is 10.5. The number of sulfonamides is 1. The van der Waals surface area contributed by atoms with Crippen LogP contribution in [0.4, 0.5) is 5.69 Å². The minimum atomic E-state index is -4.15. The fraction of sp³-hybridized carbons (Fsp3) is 0.355. The second-order valence-corrected chi connectivity index (χ2v) is 13.1. The molecule has 0 fully saturated rings. The highest BCUT2D eigenvalue weighted by molar-refractivity contribution is 7.92. The first kappa shape index (κ1) is 32.4. The maximum absolute atomic E-state index is 14.2. The van der Waals surface area contributed by atoms with E-state index >= 15 is 0 Å². The fourth-order valence-corrected chi connectivity index (χ4v) is 6.27. The zero-order valence-electron chi connectivity index (χ0n) is 24.2. The van der Waals surface area contributed by atoms with Crippen LogP contribution < -0.4 is 9.62 Å². The molecule has 0 aliphatic carbocycles. The van der Waals surface area contributed by atoms with Crippen LogP contribution in [-0.2, 0) is 26.2 Å². The van der Waals surface area contributed by atoms with Gasteiger partial charge in [-0.1, -0.05) is 66.0 Å². The number of amides is 2.